The van der Waals surface area contributed by atoms with Gasteiger partial charge in [-0.15, -0.1) is 10.2 Å². The number of para-hydroxylation sites is 1. The second kappa shape index (κ2) is 9.15. The van der Waals surface area contributed by atoms with E-state index in [9.17, 15) is 10.1 Å². The lowest BCUT2D eigenvalue weighted by Gasteiger charge is -2.13. The van der Waals surface area contributed by atoms with Gasteiger partial charge in [0, 0.05) is 35.4 Å². The molecule has 1 aliphatic rings. The van der Waals surface area contributed by atoms with Crippen LogP contribution < -0.4 is 5.32 Å². The standard InChI is InChI=1S/C25H23N7OS/c1-16-17(2)31(19-8-4-3-5-9-19)24(21(16)13-26)28-22(33)15-34-25-30-29-23(32(25)20-10-11-20)18-7-6-12-27-14-18/h3-9,12,14,20H,10-11,15H2,1-2H3,(H,28,33). The molecular formula is C25H23N7OS. The SMILES string of the molecule is Cc1c(C#N)c(NC(=O)CSc2nnc(-c3cccnc3)n2C2CC2)n(-c2ccccc2)c1C. The van der Waals surface area contributed by atoms with Gasteiger partial charge in [0.25, 0.3) is 0 Å². The van der Waals surface area contributed by atoms with Gasteiger partial charge in [-0.05, 0) is 56.5 Å². The van der Waals surface area contributed by atoms with Crippen molar-refractivity contribution in [2.45, 2.75) is 37.9 Å². The third kappa shape index (κ3) is 4.08. The van der Waals surface area contributed by atoms with Crippen LogP contribution in [0.15, 0.2) is 60.0 Å². The summed E-state index contributed by atoms with van der Waals surface area (Å²) in [6.45, 7) is 3.85. The molecule has 0 unspecified atom stereocenters. The number of pyridine rings is 1. The van der Waals surface area contributed by atoms with Crippen molar-refractivity contribution >= 4 is 23.5 Å². The zero-order chi connectivity index (χ0) is 23.7. The Morgan fingerprint density at radius 2 is 1.97 bits per heavy atom. The van der Waals surface area contributed by atoms with Crippen LogP contribution in [-0.2, 0) is 4.79 Å². The van der Waals surface area contributed by atoms with Gasteiger partial charge in [-0.3, -0.25) is 18.9 Å². The van der Waals surface area contributed by atoms with E-state index >= 15 is 0 Å². The summed E-state index contributed by atoms with van der Waals surface area (Å²) >= 11 is 1.35. The van der Waals surface area contributed by atoms with Gasteiger partial charge in [0.1, 0.15) is 11.9 Å². The topological polar surface area (TPSA) is 101 Å². The van der Waals surface area contributed by atoms with Crippen LogP contribution in [0.4, 0.5) is 5.82 Å². The molecule has 0 atom stereocenters. The van der Waals surface area contributed by atoms with E-state index in [4.69, 9.17) is 0 Å². The Hall–Kier alpha value is -3.90. The number of rotatable bonds is 7. The van der Waals surface area contributed by atoms with Gasteiger partial charge in [-0.2, -0.15) is 5.26 Å². The van der Waals surface area contributed by atoms with E-state index in [2.05, 4.69) is 31.1 Å². The molecule has 3 aromatic heterocycles. The number of amides is 1. The zero-order valence-electron chi connectivity index (χ0n) is 18.9. The minimum Gasteiger partial charge on any atom is -0.310 e. The van der Waals surface area contributed by atoms with Crippen LogP contribution in [0.5, 0.6) is 0 Å². The highest BCUT2D eigenvalue weighted by Crippen LogP contribution is 2.41. The van der Waals surface area contributed by atoms with Crippen LogP contribution in [0.3, 0.4) is 0 Å². The van der Waals surface area contributed by atoms with Crippen molar-refractivity contribution in [2.24, 2.45) is 0 Å². The van der Waals surface area contributed by atoms with Crippen molar-refractivity contribution < 1.29 is 4.79 Å². The second-order valence-electron chi connectivity index (χ2n) is 8.20. The van der Waals surface area contributed by atoms with E-state index in [0.717, 1.165) is 41.2 Å². The summed E-state index contributed by atoms with van der Waals surface area (Å²) in [5.74, 6) is 1.22. The number of nitrogens with one attached hydrogen (secondary N) is 1. The molecule has 5 rings (SSSR count). The molecule has 0 saturated heterocycles. The number of nitriles is 1. The van der Waals surface area contributed by atoms with Gasteiger partial charge < -0.3 is 5.32 Å². The Balaban J connectivity index is 1.38. The smallest absolute Gasteiger partial charge is 0.236 e. The van der Waals surface area contributed by atoms with Crippen molar-refractivity contribution in [3.63, 3.8) is 0 Å². The van der Waals surface area contributed by atoms with Gasteiger partial charge in [-0.25, -0.2) is 0 Å². The van der Waals surface area contributed by atoms with E-state index in [-0.39, 0.29) is 11.7 Å². The van der Waals surface area contributed by atoms with Gasteiger partial charge in [0.2, 0.25) is 5.91 Å². The van der Waals surface area contributed by atoms with Crippen molar-refractivity contribution in [2.75, 3.05) is 11.1 Å². The van der Waals surface area contributed by atoms with E-state index in [1.165, 1.54) is 11.8 Å². The van der Waals surface area contributed by atoms with Crippen molar-refractivity contribution in [1.29, 1.82) is 5.26 Å². The normalized spacial score (nSPS) is 13.0. The molecule has 8 nitrogen and oxygen atoms in total. The number of hydrogen-bond donors (Lipinski definition) is 1. The van der Waals surface area contributed by atoms with Crippen molar-refractivity contribution in [3.8, 4) is 23.1 Å². The highest BCUT2D eigenvalue weighted by molar-refractivity contribution is 7.99. The first-order chi connectivity index (χ1) is 16.6. The van der Waals surface area contributed by atoms with Crippen molar-refractivity contribution in [3.05, 3.63) is 71.7 Å². The van der Waals surface area contributed by atoms with Crippen LogP contribution in [-0.4, -0.2) is 36.0 Å². The van der Waals surface area contributed by atoms with Crippen LogP contribution in [0.2, 0.25) is 0 Å². The van der Waals surface area contributed by atoms with E-state index in [1.54, 1.807) is 12.4 Å². The first-order valence-electron chi connectivity index (χ1n) is 11.0. The fourth-order valence-electron chi connectivity index (χ4n) is 3.99. The molecule has 1 aromatic carbocycles. The molecule has 170 valence electrons. The van der Waals surface area contributed by atoms with Crippen LogP contribution in [0.1, 0.15) is 35.7 Å². The van der Waals surface area contributed by atoms with Gasteiger partial charge in [0.15, 0.2) is 11.0 Å². The number of carbonyl (C=O) groups is 1. The number of aromatic nitrogens is 5. The lowest BCUT2D eigenvalue weighted by atomic mass is 10.2. The quantitative estimate of drug-likeness (QED) is 0.394. The maximum absolute atomic E-state index is 13.0. The predicted octanol–water partition coefficient (Wildman–Crippen LogP) is 4.69. The number of thioether (sulfide) groups is 1. The van der Waals surface area contributed by atoms with E-state index in [0.29, 0.717) is 22.6 Å². The molecule has 1 fully saturated rings. The second-order valence-corrected chi connectivity index (χ2v) is 9.15. The summed E-state index contributed by atoms with van der Waals surface area (Å²) < 4.78 is 4.03. The first-order valence-corrected chi connectivity index (χ1v) is 12.0. The van der Waals surface area contributed by atoms with Gasteiger partial charge >= 0.3 is 0 Å². The minimum atomic E-state index is -0.204. The number of hydrogen-bond acceptors (Lipinski definition) is 6. The minimum absolute atomic E-state index is 0.154. The molecule has 4 aromatic rings. The molecule has 1 N–H and O–H groups in total. The summed E-state index contributed by atoms with van der Waals surface area (Å²) in [4.78, 5) is 17.2. The molecule has 0 aliphatic heterocycles. The molecule has 3 heterocycles. The maximum atomic E-state index is 13.0. The Labute approximate surface area is 201 Å². The number of nitrogens with zero attached hydrogens (tertiary/aromatic N) is 6. The van der Waals surface area contributed by atoms with Gasteiger partial charge in [0.05, 0.1) is 11.3 Å². The summed E-state index contributed by atoms with van der Waals surface area (Å²) in [7, 11) is 0. The molecule has 0 radical (unpaired) electrons. The molecule has 9 heteroatoms. The monoisotopic (exact) mass is 469 g/mol. The fourth-order valence-corrected chi connectivity index (χ4v) is 4.79. The third-order valence-electron chi connectivity index (χ3n) is 5.93. The highest BCUT2D eigenvalue weighted by Gasteiger charge is 2.30. The predicted molar refractivity (Wildman–Crippen MR) is 131 cm³/mol. The Kier molecular flexibility index (Phi) is 5.90. The van der Waals surface area contributed by atoms with Crippen LogP contribution >= 0.6 is 11.8 Å². The Morgan fingerprint density at radius 1 is 1.18 bits per heavy atom. The summed E-state index contributed by atoms with van der Waals surface area (Å²) in [5.41, 5.74) is 4.04. The summed E-state index contributed by atoms with van der Waals surface area (Å²) in [5, 5.41) is 22.2. The largest absolute Gasteiger partial charge is 0.310 e. The van der Waals surface area contributed by atoms with Crippen LogP contribution in [0.25, 0.3) is 17.1 Å². The van der Waals surface area contributed by atoms with Crippen molar-refractivity contribution in [1.82, 2.24) is 24.3 Å². The zero-order valence-corrected chi connectivity index (χ0v) is 19.7. The molecular weight excluding hydrogens is 446 g/mol. The lowest BCUT2D eigenvalue weighted by Crippen LogP contribution is -2.18. The molecule has 0 bridgehead atoms. The Bertz CT molecular complexity index is 1380. The summed E-state index contributed by atoms with van der Waals surface area (Å²) in [6.07, 6.45) is 5.64. The molecule has 0 spiro atoms. The molecule has 1 aliphatic carbocycles. The average molecular weight is 470 g/mol. The van der Waals surface area contributed by atoms with E-state index < -0.39 is 0 Å². The van der Waals surface area contributed by atoms with Gasteiger partial charge in [-0.1, -0.05) is 30.0 Å². The molecule has 1 amide bonds. The Morgan fingerprint density at radius 3 is 2.65 bits per heavy atom. The van der Waals surface area contributed by atoms with E-state index in [1.807, 2.05) is 60.9 Å². The first kappa shape index (κ1) is 21.9. The molecule has 34 heavy (non-hydrogen) atoms. The fraction of sp³-hybridized carbons (Fsp3) is 0.240. The maximum Gasteiger partial charge on any atom is 0.236 e. The lowest BCUT2D eigenvalue weighted by molar-refractivity contribution is -0.113. The summed E-state index contributed by atoms with van der Waals surface area (Å²) in [6, 6.07) is 16.1. The molecule has 1 saturated carbocycles. The number of anilines is 1. The highest BCUT2D eigenvalue weighted by atomic mass is 32.2. The third-order valence-corrected chi connectivity index (χ3v) is 6.87. The number of benzene rings is 1. The average Bonchev–Trinajstić information content (AvgIpc) is 3.57. The number of carbonyl (C=O) groups excluding carboxylic acids is 1. The van der Waals surface area contributed by atoms with Crippen LogP contribution in [0, 0.1) is 25.2 Å².